The summed E-state index contributed by atoms with van der Waals surface area (Å²) in [5, 5.41) is 43.1. The summed E-state index contributed by atoms with van der Waals surface area (Å²) in [4.78, 5) is 116. The van der Waals surface area contributed by atoms with Crippen LogP contribution in [-0.2, 0) is 74.5 Å². The molecule has 2 spiro atoms. The molecule has 6 aromatic carbocycles. The minimum absolute atomic E-state index is 0. The molecule has 36 heteroatoms. The van der Waals surface area contributed by atoms with Crippen LogP contribution >= 0.6 is 15.6 Å². The Labute approximate surface area is 738 Å². The summed E-state index contributed by atoms with van der Waals surface area (Å²) in [6, 6.07) is 30.9. The fourth-order valence-electron chi connectivity index (χ4n) is 18.2. The van der Waals surface area contributed by atoms with E-state index in [2.05, 4.69) is 31.9 Å². The second kappa shape index (κ2) is 31.0. The summed E-state index contributed by atoms with van der Waals surface area (Å²) in [5.41, 5.74) is 6.55. The van der Waals surface area contributed by atoms with E-state index in [-0.39, 0.29) is 153 Å². The predicted molar refractivity (Wildman–Crippen MR) is 431 cm³/mol. The van der Waals surface area contributed by atoms with E-state index in [0.29, 0.717) is 62.1 Å². The number of anilines is 2. The number of fused-ring (bicyclic) bond motifs is 14. The number of rotatable bonds is 16. The fourth-order valence-corrected chi connectivity index (χ4v) is 18.8. The Balaban J connectivity index is 0.000000183. The van der Waals surface area contributed by atoms with Gasteiger partial charge in [0.25, 0.3) is 19.6 Å². The van der Waals surface area contributed by atoms with Crippen LogP contribution in [0, 0.1) is 11.8 Å². The number of ether oxygens (including phenoxy) is 2. The van der Waals surface area contributed by atoms with Gasteiger partial charge in [-0.05, 0) is 84.0 Å². The molecular weight excluding hydrogens is 1620 g/mol. The Bertz CT molecular complexity index is 5960. The van der Waals surface area contributed by atoms with Crippen molar-refractivity contribution in [1.82, 2.24) is 50.3 Å². The van der Waals surface area contributed by atoms with Gasteiger partial charge in [0.1, 0.15) is 71.2 Å². The molecule has 0 radical (unpaired) electrons. The number of benzene rings is 6. The zero-order valence-corrected chi connectivity index (χ0v) is 72.7. The van der Waals surface area contributed by atoms with E-state index >= 15 is 0 Å². The molecule has 12 aromatic rings. The number of amides is 4. The Morgan fingerprint density at radius 3 is 1.36 bits per heavy atom. The van der Waals surface area contributed by atoms with Gasteiger partial charge in [-0.3, -0.25) is 32.8 Å². The molecular formula is C85H86N12Na2O20P2. The van der Waals surface area contributed by atoms with Crippen LogP contribution in [0.25, 0.3) is 89.9 Å². The van der Waals surface area contributed by atoms with Gasteiger partial charge in [0, 0.05) is 91.9 Å². The first-order valence-corrected chi connectivity index (χ1v) is 42.2. The third-order valence-corrected chi connectivity index (χ3v) is 25.5. The molecule has 4 amide bonds. The van der Waals surface area contributed by atoms with Crippen molar-refractivity contribution in [3.63, 3.8) is 0 Å². The molecule has 8 aliphatic heterocycles. The van der Waals surface area contributed by atoms with E-state index < -0.39 is 111 Å². The van der Waals surface area contributed by atoms with Crippen molar-refractivity contribution in [2.24, 2.45) is 11.8 Å². The van der Waals surface area contributed by atoms with Crippen LogP contribution < -0.4 is 105 Å². The molecule has 121 heavy (non-hydrogen) atoms. The standard InChI is InChI=1S/2C42H41N6O10P.CH4.2Na.H/c2*1-5-41(51,6-2)39(50)44-27-16-21-13-14-29-26(15-21)42-25-11-7-10-23(33(25)47-40(42)57-29)22-9-8-12-28-31(22)24(18-48(28)19-55-59(52,53)54)30-17-43-37(56-30)34-35(42)58-38(46-34)32(20(3)4)45-36(27)49;;;;/h2*7-15,17-18,20,27,32,40,47,51H,5-6,16,19H2,1-4H3,(H,44,50)(H,45,49)(H2,52,53,54);1H4;;;/q;;;2*+1;-1/p-1/t2*27-,32-,40?,42-;;;;/m00..../s1. The van der Waals surface area contributed by atoms with E-state index in [1.165, 1.54) is 0 Å². The van der Waals surface area contributed by atoms with Crippen molar-refractivity contribution >= 4 is 72.5 Å². The van der Waals surface area contributed by atoms with Gasteiger partial charge in [-0.15, -0.1) is 0 Å². The Kier molecular flexibility index (Phi) is 21.8. The molecule has 32 nitrogen and oxygen atoms in total. The summed E-state index contributed by atoms with van der Waals surface area (Å²) in [6.45, 7) is 13.7. The van der Waals surface area contributed by atoms with Gasteiger partial charge >= 0.3 is 66.9 Å². The topological polar surface area (TPSA) is 450 Å². The van der Waals surface area contributed by atoms with Crippen LogP contribution in [0.2, 0.25) is 0 Å². The van der Waals surface area contributed by atoms with Crippen molar-refractivity contribution in [3.05, 3.63) is 191 Å². The number of para-hydroxylation sites is 2. The van der Waals surface area contributed by atoms with Crippen LogP contribution in [0.4, 0.5) is 11.4 Å². The fraction of sp³-hybridized carbons (Fsp3) is 0.341. The van der Waals surface area contributed by atoms with E-state index in [4.69, 9.17) is 56.1 Å². The number of oxazole rings is 4. The van der Waals surface area contributed by atoms with Crippen LogP contribution in [-0.4, -0.2) is 113 Å². The molecule has 0 aliphatic carbocycles. The summed E-state index contributed by atoms with van der Waals surface area (Å²) in [6.07, 6.45) is 5.89. The molecule has 20 bridgehead atoms. The monoisotopic (exact) mass is 1700 g/mol. The first-order valence-electron chi connectivity index (χ1n) is 39.1. The van der Waals surface area contributed by atoms with E-state index in [9.17, 15) is 58.1 Å². The van der Waals surface area contributed by atoms with Crippen molar-refractivity contribution in [2.75, 3.05) is 10.6 Å². The summed E-state index contributed by atoms with van der Waals surface area (Å²) in [7, 11) is -9.89. The third-order valence-electron chi connectivity index (χ3n) is 24.6. The van der Waals surface area contributed by atoms with E-state index in [1.807, 2.05) is 137 Å². The van der Waals surface area contributed by atoms with E-state index in [1.54, 1.807) is 61.6 Å². The molecule has 6 aromatic heterocycles. The first-order chi connectivity index (χ1) is 56.5. The number of hydrogen-bond acceptors (Lipinski definition) is 23. The Hall–Kier alpha value is -9.54. The number of phosphoric acid groups is 2. The second-order valence-corrected chi connectivity index (χ2v) is 34.3. The van der Waals surface area contributed by atoms with Crippen molar-refractivity contribution in [2.45, 2.75) is 173 Å². The molecule has 0 saturated heterocycles. The molecule has 3 unspecified atom stereocenters. The number of carbonyl (C=O) groups is 4. The molecule has 20 rings (SSSR count). The molecule has 14 heterocycles. The number of hydrogen-bond donors (Lipinski definition) is 11. The minimum atomic E-state index is -5.07. The molecule has 9 atom stereocenters. The van der Waals surface area contributed by atoms with Crippen LogP contribution in [0.15, 0.2) is 152 Å². The van der Waals surface area contributed by atoms with Crippen LogP contribution in [0.3, 0.4) is 0 Å². The molecule has 0 fully saturated rings. The van der Waals surface area contributed by atoms with Crippen molar-refractivity contribution < 1.29 is 155 Å². The van der Waals surface area contributed by atoms with Gasteiger partial charge in [0.2, 0.25) is 35.4 Å². The smallest absolute Gasteiger partial charge is 1.00 e. The Morgan fingerprint density at radius 2 is 0.967 bits per heavy atom. The van der Waals surface area contributed by atoms with Gasteiger partial charge in [0.05, 0.1) is 23.4 Å². The number of phosphoric ester groups is 2. The molecule has 8 aliphatic rings. The number of nitrogens with one attached hydrogen (secondary N) is 6. The maximum Gasteiger partial charge on any atom is 1.00 e. The molecule has 618 valence electrons. The van der Waals surface area contributed by atoms with Gasteiger partial charge < -0.3 is 99.4 Å². The number of aliphatic hydroxyl groups is 2. The van der Waals surface area contributed by atoms with Crippen molar-refractivity contribution in [3.8, 4) is 79.6 Å². The van der Waals surface area contributed by atoms with Crippen molar-refractivity contribution in [1.29, 1.82) is 0 Å². The van der Waals surface area contributed by atoms with Gasteiger partial charge in [-0.1, -0.05) is 148 Å². The number of aromatic nitrogens is 6. The summed E-state index contributed by atoms with van der Waals surface area (Å²) in [5.74, 6) is 0.497. The Morgan fingerprint density at radius 1 is 0.570 bits per heavy atom. The maximum atomic E-state index is 14.3. The minimum Gasteiger partial charge on any atom is -1.00 e. The third kappa shape index (κ3) is 13.5. The summed E-state index contributed by atoms with van der Waals surface area (Å²) < 4.78 is 77.4. The number of carbonyl (C=O) groups excluding carboxylic acids is 4. The average molecular weight is 1700 g/mol. The zero-order chi connectivity index (χ0) is 82.3. The normalized spacial score (nSPS) is 21.2. The predicted octanol–water partition coefficient (Wildman–Crippen LogP) is 5.89. The molecule has 0 saturated carbocycles. The van der Waals surface area contributed by atoms with Gasteiger partial charge in [-0.2, -0.15) is 0 Å². The first kappa shape index (κ1) is 85.0. The molecule has 11 N–H and O–H groups in total. The maximum absolute atomic E-state index is 14.3. The largest absolute Gasteiger partial charge is 1.00 e. The van der Waals surface area contributed by atoms with Crippen LogP contribution in [0.1, 0.15) is 159 Å². The SMILES string of the molecule is C.CCC(O)(CC)C(=O)N[C@H]1Cc2ccc3c(c2)[C@]24c5cccc(c5NC2O3)-c2cccc3c2c(cn3COP(=O)(O)O)-c2cnc(o2)-c2nc(oc24)[C@H](C(C)C)NC1=O.CCC(O)(CC)C(=O)N[C@H]1Cc2ccc3c(c2)[C@]24c5cccc(c5NC2O3)-c2cccc3c2c(cn3COP(=O)([O-])O)-c2cnc(o2)-c2nc(oc24)[C@H](C(C)C)NC1=O.[H-].[Na+].[Na+]. The number of nitrogens with zero attached hydrogens (tertiary/aromatic N) is 6. The van der Waals surface area contributed by atoms with Gasteiger partial charge in [-0.25, -0.2) is 24.5 Å². The average Bonchev–Trinajstić information content (AvgIpc) is 1.52. The van der Waals surface area contributed by atoms with Gasteiger partial charge in [0.15, 0.2) is 46.9 Å². The van der Waals surface area contributed by atoms with Crippen LogP contribution in [0.5, 0.6) is 11.5 Å². The summed E-state index contributed by atoms with van der Waals surface area (Å²) >= 11 is 0. The quantitative estimate of drug-likeness (QED) is 0.0397. The van der Waals surface area contributed by atoms with E-state index in [0.717, 1.165) is 72.4 Å². The zero-order valence-electron chi connectivity index (χ0n) is 67.9. The second-order valence-electron chi connectivity index (χ2n) is 31.8.